The summed E-state index contributed by atoms with van der Waals surface area (Å²) in [5.74, 6) is 2.09. The van der Waals surface area contributed by atoms with Crippen molar-refractivity contribution in [3.8, 4) is 22.8 Å². The summed E-state index contributed by atoms with van der Waals surface area (Å²) in [5.41, 5.74) is 6.19. The Morgan fingerprint density at radius 1 is 1.00 bits per heavy atom. The third kappa shape index (κ3) is 4.10. The number of ether oxygens (including phenoxy) is 2. The number of anilines is 1. The minimum Gasteiger partial charge on any atom is -0.484 e. The lowest BCUT2D eigenvalue weighted by Gasteiger charge is -2.34. The molecule has 0 unspecified atom stereocenters. The number of benzene rings is 2. The Balaban J connectivity index is 1.09. The summed E-state index contributed by atoms with van der Waals surface area (Å²) >= 11 is 0. The van der Waals surface area contributed by atoms with Gasteiger partial charge in [0, 0.05) is 35.8 Å². The van der Waals surface area contributed by atoms with Gasteiger partial charge in [-0.25, -0.2) is 15.0 Å². The van der Waals surface area contributed by atoms with Gasteiger partial charge in [-0.15, -0.1) is 0 Å². The van der Waals surface area contributed by atoms with Crippen molar-refractivity contribution in [1.82, 2.24) is 19.9 Å². The largest absolute Gasteiger partial charge is 0.484 e. The van der Waals surface area contributed by atoms with E-state index < -0.39 is 0 Å². The van der Waals surface area contributed by atoms with Crippen molar-refractivity contribution in [2.75, 3.05) is 18.5 Å². The van der Waals surface area contributed by atoms with E-state index >= 15 is 0 Å². The van der Waals surface area contributed by atoms with Crippen molar-refractivity contribution in [3.05, 3.63) is 71.5 Å². The van der Waals surface area contributed by atoms with Crippen LogP contribution in [0, 0.1) is 6.92 Å². The van der Waals surface area contributed by atoms with E-state index in [-0.39, 0.29) is 18.0 Å². The molecule has 1 fully saturated rings. The zero-order chi connectivity index (χ0) is 25.6. The van der Waals surface area contributed by atoms with Gasteiger partial charge < -0.3 is 19.7 Å². The second-order valence-corrected chi connectivity index (χ2v) is 10.3. The SMILES string of the molecule is Cc1nc(N[C@@H]2CC[C@H](N3Cc4ccccc4CC3=O)C2)nc2ccc(-c3ccnc4c3OCCO4)cc12. The molecule has 0 saturated heterocycles. The van der Waals surface area contributed by atoms with Gasteiger partial charge in [-0.05, 0) is 61.1 Å². The lowest BCUT2D eigenvalue weighted by molar-refractivity contribution is -0.134. The summed E-state index contributed by atoms with van der Waals surface area (Å²) < 4.78 is 11.5. The van der Waals surface area contributed by atoms with Gasteiger partial charge in [0.2, 0.25) is 11.9 Å². The summed E-state index contributed by atoms with van der Waals surface area (Å²) in [6.45, 7) is 3.74. The van der Waals surface area contributed by atoms with Gasteiger partial charge in [-0.2, -0.15) is 0 Å². The molecule has 38 heavy (non-hydrogen) atoms. The van der Waals surface area contributed by atoms with Gasteiger partial charge in [0.1, 0.15) is 13.2 Å². The molecule has 1 N–H and O–H groups in total. The molecule has 8 heteroatoms. The Kier molecular flexibility index (Phi) is 5.60. The first-order chi connectivity index (χ1) is 18.6. The number of nitrogens with zero attached hydrogens (tertiary/aromatic N) is 4. The standard InChI is InChI=1S/C30H29N5O3/c1-18-25-14-20(24-10-11-31-29-28(24)37-12-13-38-29)6-9-26(25)34-30(32-18)33-22-7-8-23(16-22)35-17-21-5-3-2-4-19(21)15-27(35)36/h2-6,9-11,14,22-23H,7-8,12-13,15-17H2,1H3,(H,32,33,34)/t22-,23+/m1/s1. The fraction of sp³-hybridized carbons (Fsp3) is 0.333. The second-order valence-electron chi connectivity index (χ2n) is 10.3. The quantitative estimate of drug-likeness (QED) is 0.429. The van der Waals surface area contributed by atoms with E-state index in [9.17, 15) is 4.79 Å². The normalized spacial score (nSPS) is 20.4. The molecule has 7 rings (SSSR count). The number of rotatable bonds is 4. The molecule has 192 valence electrons. The van der Waals surface area contributed by atoms with E-state index in [2.05, 4.69) is 45.5 Å². The number of carbonyl (C=O) groups is 1. The van der Waals surface area contributed by atoms with Crippen molar-refractivity contribution in [1.29, 1.82) is 0 Å². The third-order valence-electron chi connectivity index (χ3n) is 7.94. The molecule has 1 amide bonds. The Bertz CT molecular complexity index is 1550. The highest BCUT2D eigenvalue weighted by Gasteiger charge is 2.34. The fourth-order valence-electron chi connectivity index (χ4n) is 6.00. The van der Waals surface area contributed by atoms with Crippen molar-refractivity contribution < 1.29 is 14.3 Å². The fourth-order valence-corrected chi connectivity index (χ4v) is 6.00. The van der Waals surface area contributed by atoms with E-state index in [0.717, 1.165) is 52.5 Å². The van der Waals surface area contributed by atoms with Crippen LogP contribution in [0.3, 0.4) is 0 Å². The molecule has 0 spiro atoms. The van der Waals surface area contributed by atoms with Gasteiger partial charge in [0.15, 0.2) is 5.75 Å². The second kappa shape index (κ2) is 9.28. The van der Waals surface area contributed by atoms with E-state index in [1.807, 2.05) is 25.1 Å². The van der Waals surface area contributed by atoms with Gasteiger partial charge >= 0.3 is 0 Å². The summed E-state index contributed by atoms with van der Waals surface area (Å²) in [4.78, 5) is 28.9. The summed E-state index contributed by atoms with van der Waals surface area (Å²) in [6, 6.07) is 16.9. The average Bonchev–Trinajstić information content (AvgIpc) is 3.40. The molecule has 2 atom stereocenters. The van der Waals surface area contributed by atoms with Crippen LogP contribution in [-0.4, -0.2) is 51.1 Å². The molecule has 2 aromatic carbocycles. The van der Waals surface area contributed by atoms with Gasteiger partial charge in [-0.1, -0.05) is 30.3 Å². The molecule has 0 bridgehead atoms. The molecule has 2 aromatic heterocycles. The van der Waals surface area contributed by atoms with E-state index in [4.69, 9.17) is 19.4 Å². The zero-order valence-electron chi connectivity index (χ0n) is 21.3. The van der Waals surface area contributed by atoms with Crippen LogP contribution >= 0.6 is 0 Å². The zero-order valence-corrected chi connectivity index (χ0v) is 21.3. The monoisotopic (exact) mass is 507 g/mol. The summed E-state index contributed by atoms with van der Waals surface area (Å²) in [7, 11) is 0. The molecule has 8 nitrogen and oxygen atoms in total. The lowest BCUT2D eigenvalue weighted by atomic mass is 9.97. The molecular formula is C30H29N5O3. The molecule has 2 aliphatic heterocycles. The minimum atomic E-state index is 0.232. The number of fused-ring (bicyclic) bond motifs is 3. The maximum Gasteiger partial charge on any atom is 0.257 e. The summed E-state index contributed by atoms with van der Waals surface area (Å²) in [5, 5.41) is 4.56. The van der Waals surface area contributed by atoms with Crippen LogP contribution in [0.1, 0.15) is 36.1 Å². The van der Waals surface area contributed by atoms with Gasteiger partial charge in [-0.3, -0.25) is 4.79 Å². The molecule has 1 saturated carbocycles. The number of pyridine rings is 1. The van der Waals surface area contributed by atoms with Crippen LogP contribution in [-0.2, 0) is 17.8 Å². The van der Waals surface area contributed by atoms with Crippen molar-refractivity contribution >= 4 is 22.8 Å². The van der Waals surface area contributed by atoms with Crippen LogP contribution in [0.25, 0.3) is 22.0 Å². The van der Waals surface area contributed by atoms with Crippen molar-refractivity contribution in [2.24, 2.45) is 0 Å². The smallest absolute Gasteiger partial charge is 0.257 e. The van der Waals surface area contributed by atoms with Crippen molar-refractivity contribution in [3.63, 3.8) is 0 Å². The number of aryl methyl sites for hydroxylation is 1. The van der Waals surface area contributed by atoms with E-state index in [0.29, 0.717) is 43.8 Å². The first kappa shape index (κ1) is 23.0. The average molecular weight is 508 g/mol. The summed E-state index contributed by atoms with van der Waals surface area (Å²) in [6.07, 6.45) is 5.13. The van der Waals surface area contributed by atoms with Crippen LogP contribution in [0.4, 0.5) is 5.95 Å². The van der Waals surface area contributed by atoms with Crippen molar-refractivity contribution in [2.45, 2.75) is 51.2 Å². The van der Waals surface area contributed by atoms with Gasteiger partial charge in [0.25, 0.3) is 5.88 Å². The predicted molar refractivity (Wildman–Crippen MR) is 144 cm³/mol. The topological polar surface area (TPSA) is 89.5 Å². The van der Waals surface area contributed by atoms with E-state index in [1.54, 1.807) is 6.20 Å². The number of amides is 1. The molecule has 1 aliphatic carbocycles. The number of carbonyl (C=O) groups excluding carboxylic acids is 1. The Labute approximate surface area is 221 Å². The molecule has 0 radical (unpaired) electrons. The van der Waals surface area contributed by atoms with Crippen LogP contribution in [0.15, 0.2) is 54.7 Å². The molecule has 3 aliphatic rings. The molecule has 4 aromatic rings. The van der Waals surface area contributed by atoms with Crippen LogP contribution in [0.5, 0.6) is 11.6 Å². The van der Waals surface area contributed by atoms with E-state index in [1.165, 1.54) is 5.56 Å². The minimum absolute atomic E-state index is 0.232. The Morgan fingerprint density at radius 3 is 2.79 bits per heavy atom. The van der Waals surface area contributed by atoms with Crippen LogP contribution in [0.2, 0.25) is 0 Å². The first-order valence-electron chi connectivity index (χ1n) is 13.3. The predicted octanol–water partition coefficient (Wildman–Crippen LogP) is 4.69. The Hall–Kier alpha value is -4.20. The lowest BCUT2D eigenvalue weighted by Crippen LogP contribution is -2.42. The maximum atomic E-state index is 12.9. The molecule has 4 heterocycles. The number of nitrogens with one attached hydrogen (secondary N) is 1. The first-order valence-corrected chi connectivity index (χ1v) is 13.3. The number of hydrogen-bond acceptors (Lipinski definition) is 7. The molecular weight excluding hydrogens is 478 g/mol. The highest BCUT2D eigenvalue weighted by atomic mass is 16.6. The highest BCUT2D eigenvalue weighted by molar-refractivity contribution is 5.88. The Morgan fingerprint density at radius 2 is 1.87 bits per heavy atom. The number of aromatic nitrogens is 3. The van der Waals surface area contributed by atoms with Gasteiger partial charge in [0.05, 0.1) is 17.6 Å². The maximum absolute atomic E-state index is 12.9. The van der Waals surface area contributed by atoms with Crippen LogP contribution < -0.4 is 14.8 Å². The highest BCUT2D eigenvalue weighted by Crippen LogP contribution is 2.39. The third-order valence-corrected chi connectivity index (χ3v) is 7.94. The number of hydrogen-bond donors (Lipinski definition) is 1.